The maximum atomic E-state index is 11.9. The van der Waals surface area contributed by atoms with E-state index >= 15 is 0 Å². The summed E-state index contributed by atoms with van der Waals surface area (Å²) in [4.78, 5) is 37.4. The third-order valence-electron chi connectivity index (χ3n) is 6.46. The van der Waals surface area contributed by atoms with Crippen LogP contribution in [-0.2, 0) is 11.2 Å². The number of aromatic nitrogens is 1. The second kappa shape index (κ2) is 10.6. The van der Waals surface area contributed by atoms with E-state index < -0.39 is 41.9 Å². The van der Waals surface area contributed by atoms with Gasteiger partial charge in [0.2, 0.25) is 0 Å². The van der Waals surface area contributed by atoms with Gasteiger partial charge < -0.3 is 25.9 Å². The van der Waals surface area contributed by atoms with Crippen molar-refractivity contribution in [3.05, 3.63) is 91.3 Å². The number of nitrogens with zero attached hydrogens (tertiary/aromatic N) is 3. The smallest absolute Gasteiger partial charge is 0.270 e. The fourth-order valence-electron chi connectivity index (χ4n) is 4.63. The summed E-state index contributed by atoms with van der Waals surface area (Å²) in [6.07, 6.45) is -1.94. The van der Waals surface area contributed by atoms with Gasteiger partial charge in [-0.05, 0) is 47.0 Å². The number of ether oxygens (including phenoxy) is 1. The van der Waals surface area contributed by atoms with E-state index in [1.165, 1.54) is 0 Å². The van der Waals surface area contributed by atoms with Gasteiger partial charge in [0.15, 0.2) is 18.2 Å². The van der Waals surface area contributed by atoms with Crippen LogP contribution in [0.4, 0.5) is 11.4 Å². The average Bonchev–Trinajstić information content (AvgIpc) is 3.35. The molecule has 4 rings (SSSR count). The van der Waals surface area contributed by atoms with E-state index in [4.69, 9.17) is 10.5 Å². The summed E-state index contributed by atoms with van der Waals surface area (Å²) in [6.45, 7) is -0.638. The van der Waals surface area contributed by atoms with E-state index in [-0.39, 0.29) is 0 Å². The molecule has 0 spiro atoms. The molecule has 1 aliphatic rings. The number of hydrogen-bond donors (Lipinski definition) is 4. The minimum atomic E-state index is -1.64. The second-order valence-electron chi connectivity index (χ2n) is 8.61. The van der Waals surface area contributed by atoms with Gasteiger partial charge in [0, 0.05) is 41.2 Å². The molecule has 0 saturated carbocycles. The molecular formula is C24H26N6O6. The number of hydrogen-bond acceptors (Lipinski definition) is 10. The minimum absolute atomic E-state index is 0.424. The maximum Gasteiger partial charge on any atom is 0.270 e. The van der Waals surface area contributed by atoms with Gasteiger partial charge in [0.25, 0.3) is 6.04 Å². The number of aliphatic hydroxyl groups is 1. The first-order valence-corrected chi connectivity index (χ1v) is 11.3. The molecule has 3 unspecified atom stereocenters. The number of anilines is 2. The van der Waals surface area contributed by atoms with Gasteiger partial charge in [-0.3, -0.25) is 10.1 Å². The van der Waals surface area contributed by atoms with Crippen molar-refractivity contribution >= 4 is 11.4 Å². The van der Waals surface area contributed by atoms with Crippen LogP contribution in [0.5, 0.6) is 0 Å². The molecule has 12 heteroatoms. The lowest BCUT2D eigenvalue weighted by molar-refractivity contribution is -0.547. The summed E-state index contributed by atoms with van der Waals surface area (Å²) >= 11 is 0. The summed E-state index contributed by atoms with van der Waals surface area (Å²) in [5, 5.41) is 30.3. The molecule has 0 bridgehead atoms. The molecule has 0 aliphatic carbocycles. The van der Waals surface area contributed by atoms with Crippen LogP contribution in [0, 0.1) is 19.9 Å². The number of nitrogens with one attached hydrogen (secondary N) is 2. The Bertz CT molecular complexity index is 1250. The Morgan fingerprint density at radius 1 is 1.11 bits per heavy atom. The van der Waals surface area contributed by atoms with Crippen LogP contribution < -0.4 is 11.1 Å². The summed E-state index contributed by atoms with van der Waals surface area (Å²) in [6, 6.07) is 11.9. The van der Waals surface area contributed by atoms with Gasteiger partial charge in [-0.25, -0.2) is 0 Å². The number of nitrogen functional groups attached to an aromatic ring is 1. The molecule has 1 fully saturated rings. The average molecular weight is 495 g/mol. The highest BCUT2D eigenvalue weighted by molar-refractivity contribution is 5.63. The monoisotopic (exact) mass is 494 g/mol. The minimum Gasteiger partial charge on any atom is -0.399 e. The first kappa shape index (κ1) is 24.9. The molecule has 1 aliphatic heterocycles. The Balaban J connectivity index is 1.67. The lowest BCUT2D eigenvalue weighted by Gasteiger charge is -2.36. The van der Waals surface area contributed by atoms with Crippen molar-refractivity contribution in [2.75, 3.05) is 24.7 Å². The van der Waals surface area contributed by atoms with Gasteiger partial charge in [0.1, 0.15) is 6.10 Å². The van der Waals surface area contributed by atoms with Crippen LogP contribution in [0.2, 0.25) is 0 Å². The molecule has 5 N–H and O–H groups in total. The SMILES string of the molecule is CNc1ccc(C2OC(CO)[C@@H](N=O)C(N=O)[C@H]2[N+](=O)[O-])cc1Cc1ccc(-c2ccc(N)cc2)[nH]1. The molecule has 1 aromatic heterocycles. The van der Waals surface area contributed by atoms with Crippen LogP contribution in [0.3, 0.4) is 0 Å². The first-order valence-electron chi connectivity index (χ1n) is 11.3. The Hall–Kier alpha value is -4.16. The van der Waals surface area contributed by atoms with E-state index in [9.17, 15) is 25.0 Å². The van der Waals surface area contributed by atoms with Gasteiger partial charge in [-0.2, -0.15) is 9.81 Å². The number of benzene rings is 2. The van der Waals surface area contributed by atoms with Gasteiger partial charge in [0.05, 0.1) is 6.61 Å². The van der Waals surface area contributed by atoms with Crippen molar-refractivity contribution in [3.8, 4) is 11.3 Å². The Morgan fingerprint density at radius 2 is 1.83 bits per heavy atom. The predicted molar refractivity (Wildman–Crippen MR) is 134 cm³/mol. The molecule has 2 aromatic carbocycles. The van der Waals surface area contributed by atoms with E-state index in [1.54, 1.807) is 25.2 Å². The highest BCUT2D eigenvalue weighted by Gasteiger charge is 2.55. The number of aliphatic hydroxyl groups excluding tert-OH is 1. The Kier molecular flexibility index (Phi) is 7.36. The van der Waals surface area contributed by atoms with Crippen molar-refractivity contribution in [1.29, 1.82) is 0 Å². The molecule has 188 valence electrons. The quantitative estimate of drug-likeness (QED) is 0.151. The summed E-state index contributed by atoms with van der Waals surface area (Å²) < 4.78 is 5.76. The fourth-order valence-corrected chi connectivity index (χ4v) is 4.63. The Labute approximate surface area is 206 Å². The van der Waals surface area contributed by atoms with Gasteiger partial charge in [-0.15, -0.1) is 0 Å². The van der Waals surface area contributed by atoms with Gasteiger partial charge in [-0.1, -0.05) is 34.6 Å². The zero-order valence-electron chi connectivity index (χ0n) is 19.4. The lowest BCUT2D eigenvalue weighted by atomic mass is 9.86. The number of nitro groups is 1. The second-order valence-corrected chi connectivity index (χ2v) is 8.61. The molecule has 3 aromatic rings. The maximum absolute atomic E-state index is 11.9. The number of rotatable bonds is 9. The summed E-state index contributed by atoms with van der Waals surface area (Å²) in [5.41, 5.74) is 11.3. The van der Waals surface area contributed by atoms with E-state index in [0.717, 1.165) is 28.2 Å². The molecule has 1 saturated heterocycles. The number of nitroso groups, excluding NO2 is 2. The third kappa shape index (κ3) is 4.81. The van der Waals surface area contributed by atoms with Crippen LogP contribution in [0.1, 0.15) is 22.9 Å². The standard InChI is InChI=1S/C24H26N6O6/c1-26-18-8-4-14(24-23(30(34)35)22(29-33)21(28-32)20(12-31)36-24)10-15(18)11-17-7-9-19(27-17)13-2-5-16(25)6-3-13/h2-10,20-24,26-27,31H,11-12,25H2,1H3/t20?,21-,22?,23-,24?/m1/s1. The number of H-pyrrole nitrogens is 1. The molecule has 12 nitrogen and oxygen atoms in total. The highest BCUT2D eigenvalue weighted by Crippen LogP contribution is 2.38. The molecular weight excluding hydrogens is 468 g/mol. The zero-order valence-corrected chi connectivity index (χ0v) is 19.4. The third-order valence-corrected chi connectivity index (χ3v) is 6.46. The van der Waals surface area contributed by atoms with Crippen molar-refractivity contribution < 1.29 is 14.8 Å². The van der Waals surface area contributed by atoms with Crippen LogP contribution in [0.15, 0.2) is 65.0 Å². The number of nitrogens with two attached hydrogens (primary N) is 1. The van der Waals surface area contributed by atoms with Gasteiger partial charge >= 0.3 is 0 Å². The topological polar surface area (TPSA) is 185 Å². The van der Waals surface area contributed by atoms with E-state index in [1.807, 2.05) is 36.4 Å². The fraction of sp³-hybridized carbons (Fsp3) is 0.333. The molecule has 0 amide bonds. The van der Waals surface area contributed by atoms with Crippen LogP contribution in [0.25, 0.3) is 11.3 Å². The summed E-state index contributed by atoms with van der Waals surface area (Å²) in [5.74, 6) is 0. The van der Waals surface area contributed by atoms with Crippen LogP contribution in [-0.4, -0.2) is 52.9 Å². The van der Waals surface area contributed by atoms with Crippen molar-refractivity contribution in [2.45, 2.75) is 36.8 Å². The molecule has 5 atom stereocenters. The molecule has 2 heterocycles. The van der Waals surface area contributed by atoms with E-state index in [2.05, 4.69) is 20.7 Å². The summed E-state index contributed by atoms with van der Waals surface area (Å²) in [7, 11) is 1.76. The lowest BCUT2D eigenvalue weighted by Crippen LogP contribution is -2.56. The van der Waals surface area contributed by atoms with E-state index in [0.29, 0.717) is 17.7 Å². The Morgan fingerprint density at radius 3 is 2.44 bits per heavy atom. The molecule has 0 radical (unpaired) electrons. The van der Waals surface area contributed by atoms with Crippen molar-refractivity contribution in [1.82, 2.24) is 4.98 Å². The normalized spacial score (nSPS) is 23.7. The van der Waals surface area contributed by atoms with Crippen LogP contribution >= 0.6 is 0 Å². The zero-order chi connectivity index (χ0) is 25.8. The number of aromatic amines is 1. The van der Waals surface area contributed by atoms with Crippen molar-refractivity contribution in [2.24, 2.45) is 10.4 Å². The largest absolute Gasteiger partial charge is 0.399 e. The first-order chi connectivity index (χ1) is 17.4. The van der Waals surface area contributed by atoms with Crippen molar-refractivity contribution in [3.63, 3.8) is 0 Å². The molecule has 36 heavy (non-hydrogen) atoms. The predicted octanol–water partition coefficient (Wildman–Crippen LogP) is 3.24. The highest BCUT2D eigenvalue weighted by atomic mass is 16.6.